The van der Waals surface area contributed by atoms with Gasteiger partial charge in [0.1, 0.15) is 5.78 Å². The third-order valence-corrected chi connectivity index (χ3v) is 9.25. The zero-order valence-corrected chi connectivity index (χ0v) is 17.3. The number of carbonyl (C=O) groups is 1. The van der Waals surface area contributed by atoms with E-state index in [1.54, 1.807) is 5.57 Å². The van der Waals surface area contributed by atoms with Crippen molar-refractivity contribution in [2.75, 3.05) is 14.1 Å². The highest BCUT2D eigenvalue weighted by atomic mass is 16.3. The van der Waals surface area contributed by atoms with Gasteiger partial charge < -0.3 is 10.0 Å². The molecule has 4 aliphatic carbocycles. The highest BCUT2D eigenvalue weighted by Crippen LogP contribution is 2.66. The zero-order valence-electron chi connectivity index (χ0n) is 17.3. The molecule has 3 fully saturated rings. The molecule has 26 heavy (non-hydrogen) atoms. The lowest BCUT2D eigenvalue weighted by Gasteiger charge is -2.59. The number of rotatable bonds is 2. The quantitative estimate of drug-likeness (QED) is 0.756. The molecule has 146 valence electrons. The molecular weight excluding hydrogens is 322 g/mol. The summed E-state index contributed by atoms with van der Waals surface area (Å²) in [7, 11) is 4.17. The molecule has 0 amide bonds. The number of nitrogens with zero attached hydrogens (tertiary/aromatic N) is 1. The zero-order chi connectivity index (χ0) is 18.9. The van der Waals surface area contributed by atoms with Crippen LogP contribution < -0.4 is 0 Å². The van der Waals surface area contributed by atoms with Gasteiger partial charge in [-0.25, -0.2) is 0 Å². The first-order chi connectivity index (χ1) is 12.2. The molecular formula is C23H37NO2. The van der Waals surface area contributed by atoms with Crippen LogP contribution in [0.3, 0.4) is 0 Å². The first-order valence-corrected chi connectivity index (χ1v) is 10.8. The Balaban J connectivity index is 1.66. The van der Waals surface area contributed by atoms with Crippen LogP contribution in [0.5, 0.6) is 0 Å². The molecule has 1 N–H and O–H groups in total. The van der Waals surface area contributed by atoms with Gasteiger partial charge in [0, 0.05) is 18.4 Å². The second-order valence-corrected chi connectivity index (χ2v) is 10.4. The molecule has 0 heterocycles. The smallest absolute Gasteiger partial charge is 0.136 e. The minimum absolute atomic E-state index is 0.128. The molecule has 0 radical (unpaired) electrons. The molecule has 0 aliphatic heterocycles. The standard InChI is InChI=1S/C23H37NO2/c1-6-16-20(25)12-18-15-8-7-14-11-19(24(4)5)21(26)13-23(14,3)17(15)9-10-22(16,18)2/h7,15-19,21,26H,6,8-13H2,1-5H3/t15-,16+,17+,18-,19+,21+,22-,23-/m1/s1. The molecule has 0 aromatic heterocycles. The highest BCUT2D eigenvalue weighted by molar-refractivity contribution is 5.84. The van der Waals surface area contributed by atoms with Gasteiger partial charge in [0.25, 0.3) is 0 Å². The van der Waals surface area contributed by atoms with Gasteiger partial charge in [-0.3, -0.25) is 4.79 Å². The van der Waals surface area contributed by atoms with Gasteiger partial charge in [-0.05, 0) is 81.2 Å². The lowest BCUT2D eigenvalue weighted by atomic mass is 9.47. The van der Waals surface area contributed by atoms with Gasteiger partial charge in [0.15, 0.2) is 0 Å². The topological polar surface area (TPSA) is 40.5 Å². The van der Waals surface area contributed by atoms with E-state index in [0.717, 1.165) is 32.1 Å². The molecule has 0 bridgehead atoms. The first kappa shape index (κ1) is 18.7. The van der Waals surface area contributed by atoms with Crippen molar-refractivity contribution in [1.29, 1.82) is 0 Å². The average Bonchev–Trinajstić information content (AvgIpc) is 2.83. The van der Waals surface area contributed by atoms with Crippen molar-refractivity contribution >= 4 is 5.78 Å². The average molecular weight is 360 g/mol. The summed E-state index contributed by atoms with van der Waals surface area (Å²) in [5, 5.41) is 10.9. The van der Waals surface area contributed by atoms with Crippen LogP contribution >= 0.6 is 0 Å². The van der Waals surface area contributed by atoms with Crippen LogP contribution in [0.2, 0.25) is 0 Å². The number of likely N-dealkylation sites (N-methyl/N-ethyl adjacent to an activating group) is 1. The van der Waals surface area contributed by atoms with Crippen molar-refractivity contribution < 1.29 is 9.90 Å². The molecule has 0 saturated heterocycles. The monoisotopic (exact) mass is 359 g/mol. The largest absolute Gasteiger partial charge is 0.391 e. The molecule has 3 saturated carbocycles. The van der Waals surface area contributed by atoms with Crippen LogP contribution in [0.1, 0.15) is 65.7 Å². The van der Waals surface area contributed by atoms with Crippen molar-refractivity contribution in [2.24, 2.45) is 34.5 Å². The van der Waals surface area contributed by atoms with Gasteiger partial charge in [-0.1, -0.05) is 32.4 Å². The predicted molar refractivity (Wildman–Crippen MR) is 105 cm³/mol. The molecule has 0 aromatic rings. The Morgan fingerprint density at radius 2 is 1.96 bits per heavy atom. The predicted octanol–water partition coefficient (Wildman–Crippen LogP) is 4.06. The summed E-state index contributed by atoms with van der Waals surface area (Å²) in [5.41, 5.74) is 1.93. The van der Waals surface area contributed by atoms with Gasteiger partial charge in [0.2, 0.25) is 0 Å². The number of fused-ring (bicyclic) bond motifs is 5. The Kier molecular flexibility index (Phi) is 4.43. The van der Waals surface area contributed by atoms with Crippen molar-refractivity contribution in [3.63, 3.8) is 0 Å². The van der Waals surface area contributed by atoms with Crippen LogP contribution in [0, 0.1) is 34.5 Å². The molecule has 4 aliphatic rings. The molecule has 3 heteroatoms. The van der Waals surface area contributed by atoms with Gasteiger partial charge in [0.05, 0.1) is 6.10 Å². The van der Waals surface area contributed by atoms with E-state index in [0.29, 0.717) is 23.5 Å². The van der Waals surface area contributed by atoms with Crippen LogP contribution in [0.15, 0.2) is 11.6 Å². The Morgan fingerprint density at radius 1 is 1.23 bits per heavy atom. The van der Waals surface area contributed by atoms with Crippen LogP contribution in [0.4, 0.5) is 0 Å². The number of carbonyl (C=O) groups excluding carboxylic acids is 1. The van der Waals surface area contributed by atoms with E-state index in [1.807, 2.05) is 0 Å². The lowest BCUT2D eigenvalue weighted by Crippen LogP contribution is -2.55. The normalized spacial score (nSPS) is 50.9. The number of Topliss-reactive ketones (excluding diaryl/α,β-unsaturated/α-hetero) is 1. The number of allylic oxidation sites excluding steroid dienone is 1. The summed E-state index contributed by atoms with van der Waals surface area (Å²) < 4.78 is 0. The Labute approximate surface area is 159 Å². The number of hydrogen-bond donors (Lipinski definition) is 1. The first-order valence-electron chi connectivity index (χ1n) is 10.8. The van der Waals surface area contributed by atoms with E-state index in [9.17, 15) is 9.90 Å². The highest BCUT2D eigenvalue weighted by Gasteiger charge is 2.61. The van der Waals surface area contributed by atoms with Crippen molar-refractivity contribution in [3.05, 3.63) is 11.6 Å². The van der Waals surface area contributed by atoms with Crippen LogP contribution in [-0.4, -0.2) is 42.0 Å². The Hall–Kier alpha value is -0.670. The van der Waals surface area contributed by atoms with Gasteiger partial charge >= 0.3 is 0 Å². The Morgan fingerprint density at radius 3 is 2.62 bits per heavy atom. The van der Waals surface area contributed by atoms with E-state index in [1.165, 1.54) is 12.8 Å². The summed E-state index contributed by atoms with van der Waals surface area (Å²) >= 11 is 0. The van der Waals surface area contributed by atoms with Crippen LogP contribution in [-0.2, 0) is 4.79 Å². The second-order valence-electron chi connectivity index (χ2n) is 10.4. The van der Waals surface area contributed by atoms with E-state index >= 15 is 0 Å². The molecule has 4 rings (SSSR count). The Bertz CT molecular complexity index is 626. The SMILES string of the molecule is CC[C@H]1C(=O)C[C@@H]2[C@@H]3CC=C4C[C@H](N(C)C)[C@@H](O)C[C@@]4(C)[C@H]3CC[C@@]21C. The fourth-order valence-corrected chi connectivity index (χ4v) is 7.80. The number of ketones is 1. The minimum Gasteiger partial charge on any atom is -0.391 e. The summed E-state index contributed by atoms with van der Waals surface area (Å²) in [6.07, 6.45) is 9.54. The molecule has 8 atom stereocenters. The summed E-state index contributed by atoms with van der Waals surface area (Å²) in [6, 6.07) is 0.247. The third-order valence-electron chi connectivity index (χ3n) is 9.25. The maximum Gasteiger partial charge on any atom is 0.136 e. The fourth-order valence-electron chi connectivity index (χ4n) is 7.80. The number of aliphatic hydroxyl groups is 1. The fraction of sp³-hybridized carbons (Fsp3) is 0.870. The van der Waals surface area contributed by atoms with E-state index in [-0.39, 0.29) is 28.9 Å². The van der Waals surface area contributed by atoms with E-state index in [2.05, 4.69) is 45.8 Å². The summed E-state index contributed by atoms with van der Waals surface area (Å²) in [4.78, 5) is 14.9. The number of aliphatic hydroxyl groups excluding tert-OH is 1. The van der Waals surface area contributed by atoms with Crippen molar-refractivity contribution in [3.8, 4) is 0 Å². The van der Waals surface area contributed by atoms with Crippen molar-refractivity contribution in [2.45, 2.75) is 77.9 Å². The molecule has 0 unspecified atom stereocenters. The number of hydrogen-bond acceptors (Lipinski definition) is 3. The molecule has 3 nitrogen and oxygen atoms in total. The minimum atomic E-state index is -0.243. The second kappa shape index (κ2) is 6.17. The lowest BCUT2D eigenvalue weighted by molar-refractivity contribution is -0.122. The summed E-state index contributed by atoms with van der Waals surface area (Å²) in [5.74, 6) is 2.63. The maximum atomic E-state index is 12.7. The third kappa shape index (κ3) is 2.42. The van der Waals surface area contributed by atoms with Gasteiger partial charge in [-0.2, -0.15) is 0 Å². The maximum absolute atomic E-state index is 12.7. The molecule has 0 aromatic carbocycles. The summed E-state index contributed by atoms with van der Waals surface area (Å²) in [6.45, 7) is 7.02. The van der Waals surface area contributed by atoms with E-state index < -0.39 is 0 Å². The van der Waals surface area contributed by atoms with Gasteiger partial charge in [-0.15, -0.1) is 0 Å². The molecule has 0 spiro atoms. The van der Waals surface area contributed by atoms with Crippen LogP contribution in [0.25, 0.3) is 0 Å². The van der Waals surface area contributed by atoms with E-state index in [4.69, 9.17) is 0 Å². The van der Waals surface area contributed by atoms with Crippen molar-refractivity contribution in [1.82, 2.24) is 4.90 Å².